The van der Waals surface area contributed by atoms with E-state index in [4.69, 9.17) is 4.98 Å². The van der Waals surface area contributed by atoms with Gasteiger partial charge in [0.05, 0.1) is 0 Å². The molecular weight excluding hydrogens is 172 g/mol. The number of anilines is 1. The number of aromatic nitrogens is 1. The third kappa shape index (κ3) is 1.49. The van der Waals surface area contributed by atoms with Crippen LogP contribution >= 0.6 is 0 Å². The molecule has 1 aliphatic rings. The minimum absolute atomic E-state index is 0.527. The standard InChI is InChI=1S/C12H18N2/c1-4-14-8-7-10-5-6-11(9(2)3)13-12(10)14/h5-6,9H,4,7-8H2,1-3H3. The van der Waals surface area contributed by atoms with Crippen molar-refractivity contribution in [3.05, 3.63) is 23.4 Å². The van der Waals surface area contributed by atoms with Crippen LogP contribution in [0.1, 0.15) is 37.9 Å². The Morgan fingerprint density at radius 3 is 2.86 bits per heavy atom. The first-order chi connectivity index (χ1) is 6.72. The van der Waals surface area contributed by atoms with Crippen molar-refractivity contribution in [3.63, 3.8) is 0 Å². The molecule has 14 heavy (non-hydrogen) atoms. The lowest BCUT2D eigenvalue weighted by Gasteiger charge is -2.16. The first-order valence-corrected chi connectivity index (χ1v) is 5.47. The van der Waals surface area contributed by atoms with Gasteiger partial charge in [0.25, 0.3) is 0 Å². The Morgan fingerprint density at radius 1 is 1.43 bits per heavy atom. The van der Waals surface area contributed by atoms with Gasteiger partial charge in [-0.25, -0.2) is 4.98 Å². The number of rotatable bonds is 2. The van der Waals surface area contributed by atoms with E-state index in [0.29, 0.717) is 5.92 Å². The van der Waals surface area contributed by atoms with Crippen LogP contribution in [0.5, 0.6) is 0 Å². The molecule has 2 heterocycles. The van der Waals surface area contributed by atoms with Crippen LogP contribution in [0.25, 0.3) is 0 Å². The SMILES string of the molecule is CCN1CCc2ccc(C(C)C)nc21. The zero-order chi connectivity index (χ0) is 10.1. The van der Waals surface area contributed by atoms with Crippen molar-refractivity contribution >= 4 is 5.82 Å². The van der Waals surface area contributed by atoms with Crippen molar-refractivity contribution in [2.75, 3.05) is 18.0 Å². The summed E-state index contributed by atoms with van der Waals surface area (Å²) in [6.45, 7) is 8.79. The summed E-state index contributed by atoms with van der Waals surface area (Å²) in [6, 6.07) is 4.41. The summed E-state index contributed by atoms with van der Waals surface area (Å²) in [4.78, 5) is 7.09. The Kier molecular flexibility index (Phi) is 2.44. The summed E-state index contributed by atoms with van der Waals surface area (Å²) in [7, 11) is 0. The Bertz CT molecular complexity index is 331. The highest BCUT2D eigenvalue weighted by molar-refractivity contribution is 5.52. The Hall–Kier alpha value is -1.05. The normalized spacial score (nSPS) is 15.0. The molecule has 0 saturated heterocycles. The van der Waals surface area contributed by atoms with E-state index in [1.807, 2.05) is 0 Å². The topological polar surface area (TPSA) is 16.1 Å². The van der Waals surface area contributed by atoms with Crippen molar-refractivity contribution in [1.82, 2.24) is 4.98 Å². The molecule has 0 unspecified atom stereocenters. The predicted molar refractivity (Wildman–Crippen MR) is 59.9 cm³/mol. The highest BCUT2D eigenvalue weighted by atomic mass is 15.2. The third-order valence-electron chi connectivity index (χ3n) is 2.90. The first kappa shape index (κ1) is 9.50. The molecule has 0 spiro atoms. The molecule has 1 aliphatic heterocycles. The largest absolute Gasteiger partial charge is 0.356 e. The highest BCUT2D eigenvalue weighted by Gasteiger charge is 2.19. The second-order valence-electron chi connectivity index (χ2n) is 4.20. The summed E-state index contributed by atoms with van der Waals surface area (Å²) in [5, 5.41) is 0. The van der Waals surface area contributed by atoms with E-state index in [2.05, 4.69) is 37.8 Å². The van der Waals surface area contributed by atoms with Crippen molar-refractivity contribution in [2.45, 2.75) is 33.1 Å². The molecule has 1 aromatic rings. The minimum atomic E-state index is 0.527. The number of nitrogens with zero attached hydrogens (tertiary/aromatic N) is 2. The van der Waals surface area contributed by atoms with E-state index in [0.717, 1.165) is 19.5 Å². The maximum Gasteiger partial charge on any atom is 0.132 e. The number of hydrogen-bond donors (Lipinski definition) is 0. The molecular formula is C12H18N2. The highest BCUT2D eigenvalue weighted by Crippen LogP contribution is 2.27. The molecule has 2 rings (SSSR count). The fourth-order valence-electron chi connectivity index (χ4n) is 1.95. The van der Waals surface area contributed by atoms with Crippen molar-refractivity contribution < 1.29 is 0 Å². The average Bonchev–Trinajstić information content (AvgIpc) is 2.59. The average molecular weight is 190 g/mol. The fraction of sp³-hybridized carbons (Fsp3) is 0.583. The Balaban J connectivity index is 2.37. The zero-order valence-electron chi connectivity index (χ0n) is 9.25. The molecule has 2 nitrogen and oxygen atoms in total. The fourth-order valence-corrected chi connectivity index (χ4v) is 1.95. The van der Waals surface area contributed by atoms with Crippen molar-refractivity contribution in [1.29, 1.82) is 0 Å². The van der Waals surface area contributed by atoms with Crippen LogP contribution in [0, 0.1) is 0 Å². The maximum absolute atomic E-state index is 4.73. The summed E-state index contributed by atoms with van der Waals surface area (Å²) in [6.07, 6.45) is 1.16. The van der Waals surface area contributed by atoms with Crippen LogP contribution in [-0.4, -0.2) is 18.1 Å². The predicted octanol–water partition coefficient (Wildman–Crippen LogP) is 2.59. The third-order valence-corrected chi connectivity index (χ3v) is 2.90. The second kappa shape index (κ2) is 3.60. The van der Waals surface area contributed by atoms with Gasteiger partial charge in [-0.15, -0.1) is 0 Å². The lowest BCUT2D eigenvalue weighted by atomic mass is 10.1. The van der Waals surface area contributed by atoms with Crippen molar-refractivity contribution in [2.24, 2.45) is 0 Å². The van der Waals surface area contributed by atoms with E-state index in [1.54, 1.807) is 0 Å². The Morgan fingerprint density at radius 2 is 2.21 bits per heavy atom. The van der Waals surface area contributed by atoms with E-state index >= 15 is 0 Å². The number of pyridine rings is 1. The van der Waals surface area contributed by atoms with Gasteiger partial charge in [0.15, 0.2) is 0 Å². The van der Waals surface area contributed by atoms with Crippen LogP contribution in [0.3, 0.4) is 0 Å². The van der Waals surface area contributed by atoms with Gasteiger partial charge >= 0.3 is 0 Å². The molecule has 76 valence electrons. The van der Waals surface area contributed by atoms with Crippen LogP contribution < -0.4 is 4.90 Å². The molecule has 0 bridgehead atoms. The summed E-state index contributed by atoms with van der Waals surface area (Å²) in [5.74, 6) is 1.75. The van der Waals surface area contributed by atoms with Gasteiger partial charge in [0.2, 0.25) is 0 Å². The lowest BCUT2D eigenvalue weighted by Crippen LogP contribution is -2.20. The van der Waals surface area contributed by atoms with Gasteiger partial charge in [-0.3, -0.25) is 0 Å². The number of likely N-dealkylation sites (N-methyl/N-ethyl adjacent to an activating group) is 1. The summed E-state index contributed by atoms with van der Waals surface area (Å²) >= 11 is 0. The number of hydrogen-bond acceptors (Lipinski definition) is 2. The monoisotopic (exact) mass is 190 g/mol. The molecule has 0 N–H and O–H groups in total. The molecule has 0 radical (unpaired) electrons. The molecule has 0 amide bonds. The Labute approximate surface area is 86.0 Å². The van der Waals surface area contributed by atoms with Gasteiger partial charge in [-0.05, 0) is 30.9 Å². The molecule has 0 aliphatic carbocycles. The van der Waals surface area contributed by atoms with Crippen LogP contribution in [0.2, 0.25) is 0 Å². The molecule has 0 fully saturated rings. The molecule has 0 atom stereocenters. The van der Waals surface area contributed by atoms with Gasteiger partial charge in [0, 0.05) is 18.8 Å². The van der Waals surface area contributed by atoms with Crippen LogP contribution in [0.15, 0.2) is 12.1 Å². The van der Waals surface area contributed by atoms with Crippen LogP contribution in [0.4, 0.5) is 5.82 Å². The lowest BCUT2D eigenvalue weighted by molar-refractivity contribution is 0.808. The minimum Gasteiger partial charge on any atom is -0.356 e. The van der Waals surface area contributed by atoms with Gasteiger partial charge in [-0.1, -0.05) is 19.9 Å². The van der Waals surface area contributed by atoms with Crippen LogP contribution in [-0.2, 0) is 6.42 Å². The van der Waals surface area contributed by atoms with E-state index in [9.17, 15) is 0 Å². The first-order valence-electron chi connectivity index (χ1n) is 5.47. The van der Waals surface area contributed by atoms with E-state index in [-0.39, 0.29) is 0 Å². The quantitative estimate of drug-likeness (QED) is 0.712. The summed E-state index contributed by atoms with van der Waals surface area (Å²) < 4.78 is 0. The summed E-state index contributed by atoms with van der Waals surface area (Å²) in [5.41, 5.74) is 2.63. The molecule has 1 aromatic heterocycles. The maximum atomic E-state index is 4.73. The van der Waals surface area contributed by atoms with Gasteiger partial charge < -0.3 is 4.90 Å². The van der Waals surface area contributed by atoms with E-state index < -0.39 is 0 Å². The second-order valence-corrected chi connectivity index (χ2v) is 4.20. The van der Waals surface area contributed by atoms with Gasteiger partial charge in [-0.2, -0.15) is 0 Å². The van der Waals surface area contributed by atoms with Crippen molar-refractivity contribution in [3.8, 4) is 0 Å². The smallest absolute Gasteiger partial charge is 0.132 e. The number of fused-ring (bicyclic) bond motifs is 1. The van der Waals surface area contributed by atoms with E-state index in [1.165, 1.54) is 17.1 Å². The molecule has 2 heteroatoms. The van der Waals surface area contributed by atoms with Gasteiger partial charge in [0.1, 0.15) is 5.82 Å². The molecule has 0 aromatic carbocycles. The molecule has 0 saturated carbocycles. The zero-order valence-corrected chi connectivity index (χ0v) is 9.25.